The third kappa shape index (κ3) is 5.43. The summed E-state index contributed by atoms with van der Waals surface area (Å²) in [4.78, 5) is 23.9. The van der Waals surface area contributed by atoms with E-state index >= 15 is 0 Å². The van der Waals surface area contributed by atoms with Gasteiger partial charge >= 0.3 is 6.03 Å². The maximum absolute atomic E-state index is 13.9. The zero-order chi connectivity index (χ0) is 25.1. The highest BCUT2D eigenvalue weighted by Crippen LogP contribution is 2.33. The number of amides is 2. The van der Waals surface area contributed by atoms with Crippen LogP contribution in [0.3, 0.4) is 0 Å². The Morgan fingerprint density at radius 3 is 2.75 bits per heavy atom. The molecule has 36 heavy (non-hydrogen) atoms. The van der Waals surface area contributed by atoms with Crippen LogP contribution in [0.2, 0.25) is 0 Å². The summed E-state index contributed by atoms with van der Waals surface area (Å²) in [5, 5.41) is 10.2. The van der Waals surface area contributed by atoms with Crippen LogP contribution in [-0.4, -0.2) is 49.5 Å². The highest BCUT2D eigenvalue weighted by atomic mass is 19.1. The molecule has 0 saturated heterocycles. The van der Waals surface area contributed by atoms with E-state index in [9.17, 15) is 9.18 Å². The first-order valence-electron chi connectivity index (χ1n) is 12.2. The van der Waals surface area contributed by atoms with E-state index in [1.807, 2.05) is 43.3 Å². The zero-order valence-electron chi connectivity index (χ0n) is 20.5. The van der Waals surface area contributed by atoms with Crippen molar-refractivity contribution in [2.45, 2.75) is 38.3 Å². The van der Waals surface area contributed by atoms with Crippen LogP contribution in [0.1, 0.15) is 31.2 Å². The van der Waals surface area contributed by atoms with Gasteiger partial charge in [0, 0.05) is 43.7 Å². The van der Waals surface area contributed by atoms with Crippen LogP contribution in [0.25, 0.3) is 10.9 Å². The fraction of sp³-hybridized carbons (Fsp3) is 0.423. The van der Waals surface area contributed by atoms with Gasteiger partial charge in [-0.1, -0.05) is 12.1 Å². The Hall–Kier alpha value is -3.66. The van der Waals surface area contributed by atoms with Gasteiger partial charge in [-0.05, 0) is 49.8 Å². The standard InChI is InChI=1S/C26H31FN6O3/c1-33(2)24-20-5-3-4-6-21(20)30-25(32-24)29-19-9-7-16(8-10-19)13-28-26(34)31-22-12-18(27)11-17-14-35-15-36-23(17)22/h3-6,11-12,16,19H,7-10,13-15H2,1-2H3,(H2,28,31,34)(H,29,30,32)/t16-,19+. The molecule has 0 radical (unpaired) electrons. The minimum absolute atomic E-state index is 0.0763. The average molecular weight is 495 g/mol. The Morgan fingerprint density at radius 2 is 1.94 bits per heavy atom. The van der Waals surface area contributed by atoms with E-state index in [1.54, 1.807) is 0 Å². The molecular weight excluding hydrogens is 463 g/mol. The summed E-state index contributed by atoms with van der Waals surface area (Å²) in [5.74, 6) is 1.92. The predicted octanol–water partition coefficient (Wildman–Crippen LogP) is 4.49. The molecular formula is C26H31FN6O3. The molecule has 1 aromatic heterocycles. The summed E-state index contributed by atoms with van der Waals surface area (Å²) in [6.07, 6.45) is 3.88. The SMILES string of the molecule is CN(C)c1nc(N[C@H]2CC[C@@H](CNC(=O)Nc3cc(F)cc4c3OCOC4)CC2)nc2ccccc12. The molecule has 5 rings (SSSR count). The number of fused-ring (bicyclic) bond motifs is 2. The minimum atomic E-state index is -0.447. The van der Waals surface area contributed by atoms with E-state index in [0.29, 0.717) is 35.4 Å². The molecule has 1 saturated carbocycles. The van der Waals surface area contributed by atoms with E-state index in [2.05, 4.69) is 16.0 Å². The van der Waals surface area contributed by atoms with Crippen LogP contribution in [0, 0.1) is 11.7 Å². The molecule has 10 heteroatoms. The highest BCUT2D eigenvalue weighted by Gasteiger charge is 2.23. The molecule has 0 unspecified atom stereocenters. The monoisotopic (exact) mass is 494 g/mol. The number of benzene rings is 2. The molecule has 0 atom stereocenters. The number of nitrogens with one attached hydrogen (secondary N) is 3. The van der Waals surface area contributed by atoms with Crippen molar-refractivity contribution in [3.63, 3.8) is 0 Å². The summed E-state index contributed by atoms with van der Waals surface area (Å²) in [5.41, 5.74) is 1.81. The van der Waals surface area contributed by atoms with Crippen molar-refractivity contribution in [2.75, 3.05) is 43.0 Å². The Morgan fingerprint density at radius 1 is 1.14 bits per heavy atom. The lowest BCUT2D eigenvalue weighted by Crippen LogP contribution is -2.36. The summed E-state index contributed by atoms with van der Waals surface area (Å²) in [7, 11) is 3.97. The second-order valence-electron chi connectivity index (χ2n) is 9.53. The smallest absolute Gasteiger partial charge is 0.319 e. The van der Waals surface area contributed by atoms with Crippen molar-refractivity contribution < 1.29 is 18.7 Å². The number of carbonyl (C=O) groups is 1. The van der Waals surface area contributed by atoms with Crippen molar-refractivity contribution in [3.05, 3.63) is 47.8 Å². The lowest BCUT2D eigenvalue weighted by atomic mass is 9.86. The van der Waals surface area contributed by atoms with E-state index < -0.39 is 5.82 Å². The van der Waals surface area contributed by atoms with Crippen LogP contribution in [0.5, 0.6) is 5.75 Å². The quantitative estimate of drug-likeness (QED) is 0.464. The summed E-state index contributed by atoms with van der Waals surface area (Å²) in [6.45, 7) is 0.881. The molecule has 2 aliphatic rings. The molecule has 2 heterocycles. The number of ether oxygens (including phenoxy) is 2. The fourth-order valence-electron chi connectivity index (χ4n) is 4.84. The molecule has 3 aromatic rings. The van der Waals surface area contributed by atoms with E-state index in [4.69, 9.17) is 19.4 Å². The number of hydrogen-bond acceptors (Lipinski definition) is 7. The van der Waals surface area contributed by atoms with Gasteiger partial charge in [0.05, 0.1) is 17.8 Å². The van der Waals surface area contributed by atoms with Gasteiger partial charge in [0.2, 0.25) is 5.95 Å². The van der Waals surface area contributed by atoms with Crippen LogP contribution < -0.4 is 25.6 Å². The number of para-hydroxylation sites is 1. The van der Waals surface area contributed by atoms with E-state index in [1.165, 1.54) is 12.1 Å². The first kappa shape index (κ1) is 24.1. The zero-order valence-corrected chi connectivity index (χ0v) is 20.5. The average Bonchev–Trinajstić information content (AvgIpc) is 2.87. The number of carbonyl (C=O) groups excluding carboxylic acids is 1. The van der Waals surface area contributed by atoms with E-state index in [-0.39, 0.29) is 25.5 Å². The minimum Gasteiger partial charge on any atom is -0.465 e. The number of anilines is 3. The number of urea groups is 1. The second-order valence-corrected chi connectivity index (χ2v) is 9.53. The lowest BCUT2D eigenvalue weighted by molar-refractivity contribution is -0.0160. The number of halogens is 1. The first-order chi connectivity index (χ1) is 17.5. The summed E-state index contributed by atoms with van der Waals surface area (Å²) < 4.78 is 24.6. The van der Waals surface area contributed by atoms with Crippen LogP contribution >= 0.6 is 0 Å². The van der Waals surface area contributed by atoms with Crippen molar-refractivity contribution in [2.24, 2.45) is 5.92 Å². The Labute approximate surface area is 209 Å². The molecule has 2 amide bonds. The Kier molecular flexibility index (Phi) is 7.04. The van der Waals surface area contributed by atoms with Gasteiger partial charge in [-0.3, -0.25) is 0 Å². The highest BCUT2D eigenvalue weighted by molar-refractivity contribution is 5.91. The molecule has 9 nitrogen and oxygen atoms in total. The maximum atomic E-state index is 13.9. The molecule has 1 aliphatic heterocycles. The van der Waals surface area contributed by atoms with Crippen molar-refractivity contribution in [3.8, 4) is 5.75 Å². The van der Waals surface area contributed by atoms with Crippen LogP contribution in [0.15, 0.2) is 36.4 Å². The largest absolute Gasteiger partial charge is 0.465 e. The molecule has 190 valence electrons. The number of nitrogens with zero attached hydrogens (tertiary/aromatic N) is 3. The summed E-state index contributed by atoms with van der Waals surface area (Å²) >= 11 is 0. The van der Waals surface area contributed by atoms with Gasteiger partial charge < -0.3 is 30.3 Å². The maximum Gasteiger partial charge on any atom is 0.319 e. The van der Waals surface area contributed by atoms with Gasteiger partial charge in [-0.25, -0.2) is 14.2 Å². The molecule has 1 aliphatic carbocycles. The van der Waals surface area contributed by atoms with Gasteiger partial charge in [0.25, 0.3) is 0 Å². The Balaban J connectivity index is 1.12. The van der Waals surface area contributed by atoms with Gasteiger partial charge in [-0.15, -0.1) is 0 Å². The van der Waals surface area contributed by atoms with Crippen molar-refractivity contribution >= 4 is 34.4 Å². The molecule has 2 aromatic carbocycles. The number of rotatable bonds is 6. The van der Waals surface area contributed by atoms with Crippen LogP contribution in [0.4, 0.5) is 26.6 Å². The van der Waals surface area contributed by atoms with Gasteiger partial charge in [0.1, 0.15) is 11.6 Å². The van der Waals surface area contributed by atoms with E-state index in [0.717, 1.165) is 42.4 Å². The lowest BCUT2D eigenvalue weighted by Gasteiger charge is -2.29. The fourth-order valence-corrected chi connectivity index (χ4v) is 4.84. The third-order valence-corrected chi connectivity index (χ3v) is 6.66. The second kappa shape index (κ2) is 10.5. The summed E-state index contributed by atoms with van der Waals surface area (Å²) in [6, 6.07) is 10.5. The van der Waals surface area contributed by atoms with Crippen LogP contribution in [-0.2, 0) is 11.3 Å². The van der Waals surface area contributed by atoms with Crippen molar-refractivity contribution in [1.29, 1.82) is 0 Å². The number of aromatic nitrogens is 2. The Bertz CT molecular complexity index is 1250. The van der Waals surface area contributed by atoms with Gasteiger partial charge in [0.15, 0.2) is 12.5 Å². The molecule has 1 fully saturated rings. The number of hydrogen-bond donors (Lipinski definition) is 3. The molecule has 3 N–H and O–H groups in total. The first-order valence-corrected chi connectivity index (χ1v) is 12.2. The normalized spacial score (nSPS) is 19.2. The topological polar surface area (TPSA) is 101 Å². The predicted molar refractivity (Wildman–Crippen MR) is 137 cm³/mol. The molecule has 0 bridgehead atoms. The van der Waals surface area contributed by atoms with Gasteiger partial charge in [-0.2, -0.15) is 4.98 Å². The van der Waals surface area contributed by atoms with Crippen molar-refractivity contribution in [1.82, 2.24) is 15.3 Å². The molecule has 0 spiro atoms. The third-order valence-electron chi connectivity index (χ3n) is 6.66.